The average molecular weight is 281 g/mol. The van der Waals surface area contributed by atoms with Crippen LogP contribution < -0.4 is 5.32 Å². The van der Waals surface area contributed by atoms with Crippen LogP contribution in [0, 0.1) is 12.3 Å². The second-order valence-corrected chi connectivity index (χ2v) is 6.93. The molecule has 1 aromatic carbocycles. The van der Waals surface area contributed by atoms with Crippen LogP contribution in [0.25, 0.3) is 0 Å². The molecule has 1 aliphatic heterocycles. The highest BCUT2D eigenvalue weighted by Crippen LogP contribution is 2.42. The first-order valence-corrected chi connectivity index (χ1v) is 7.49. The molecule has 0 aliphatic carbocycles. The summed E-state index contributed by atoms with van der Waals surface area (Å²) in [5, 5.41) is 4.33. The van der Waals surface area contributed by atoms with Crippen LogP contribution in [0.1, 0.15) is 37.9 Å². The Hall–Kier alpha value is -0.570. The Morgan fingerprint density at radius 3 is 2.37 bits per heavy atom. The van der Waals surface area contributed by atoms with Crippen molar-refractivity contribution in [3.63, 3.8) is 0 Å². The Bertz CT molecular complexity index is 411. The number of benzene rings is 1. The van der Waals surface area contributed by atoms with E-state index in [1.54, 1.807) is 0 Å². The minimum absolute atomic E-state index is 0.174. The van der Waals surface area contributed by atoms with Crippen LogP contribution >= 0.6 is 11.6 Å². The summed E-state index contributed by atoms with van der Waals surface area (Å²) in [5.41, 5.74) is 2.78. The number of nitrogens with one attached hydrogen (secondary N) is 1. The molecule has 0 unspecified atom stereocenters. The molecule has 1 aromatic rings. The Morgan fingerprint density at radius 2 is 1.84 bits per heavy atom. The number of piperazine rings is 1. The number of hydrogen-bond acceptors (Lipinski definition) is 2. The number of halogens is 1. The van der Waals surface area contributed by atoms with Crippen molar-refractivity contribution >= 4 is 11.6 Å². The summed E-state index contributed by atoms with van der Waals surface area (Å²) in [4.78, 5) is 2.57. The van der Waals surface area contributed by atoms with Gasteiger partial charge in [-0.05, 0) is 29.5 Å². The van der Waals surface area contributed by atoms with E-state index in [0.717, 1.165) is 31.2 Å². The van der Waals surface area contributed by atoms with E-state index in [1.807, 2.05) is 12.1 Å². The van der Waals surface area contributed by atoms with Crippen molar-refractivity contribution in [3.05, 3.63) is 34.3 Å². The third kappa shape index (κ3) is 3.31. The Balaban J connectivity index is 2.43. The van der Waals surface area contributed by atoms with Gasteiger partial charge in [0.25, 0.3) is 0 Å². The molecule has 1 N–H and O–H groups in total. The van der Waals surface area contributed by atoms with Gasteiger partial charge >= 0.3 is 0 Å². The summed E-state index contributed by atoms with van der Waals surface area (Å²) in [6.07, 6.45) is 0. The molecule has 1 heterocycles. The molecule has 1 aliphatic rings. The van der Waals surface area contributed by atoms with E-state index >= 15 is 0 Å². The van der Waals surface area contributed by atoms with Gasteiger partial charge in [0.15, 0.2) is 0 Å². The van der Waals surface area contributed by atoms with Gasteiger partial charge in [-0.25, -0.2) is 0 Å². The molecule has 0 radical (unpaired) electrons. The monoisotopic (exact) mass is 280 g/mol. The summed E-state index contributed by atoms with van der Waals surface area (Å²) in [6.45, 7) is 13.4. The topological polar surface area (TPSA) is 15.3 Å². The fourth-order valence-electron chi connectivity index (χ4n) is 3.09. The Labute approximate surface area is 122 Å². The minimum Gasteiger partial charge on any atom is -0.314 e. The lowest BCUT2D eigenvalue weighted by molar-refractivity contribution is 0.0858. The molecule has 0 spiro atoms. The van der Waals surface area contributed by atoms with Gasteiger partial charge in [0.1, 0.15) is 0 Å². The molecule has 106 valence electrons. The molecule has 0 saturated carbocycles. The summed E-state index contributed by atoms with van der Waals surface area (Å²) < 4.78 is 0. The van der Waals surface area contributed by atoms with Crippen molar-refractivity contribution in [1.29, 1.82) is 0 Å². The van der Waals surface area contributed by atoms with E-state index in [9.17, 15) is 0 Å². The zero-order chi connectivity index (χ0) is 14.0. The third-order valence-corrected chi connectivity index (χ3v) is 4.21. The third-order valence-electron chi connectivity index (χ3n) is 3.88. The minimum atomic E-state index is 0.174. The van der Waals surface area contributed by atoms with Crippen LogP contribution in [0.4, 0.5) is 0 Å². The standard InChI is InChI=1S/C16H25ClN2/c1-12-6-5-7-13(17)14(12)15(16(2,3)4)19-10-8-18-9-11-19/h5-7,15,18H,8-11H2,1-4H3/t15-/m1/s1. The maximum atomic E-state index is 6.51. The molecule has 0 amide bonds. The first kappa shape index (κ1) is 14.8. The number of hydrogen-bond donors (Lipinski definition) is 1. The summed E-state index contributed by atoms with van der Waals surface area (Å²) in [7, 11) is 0. The lowest BCUT2D eigenvalue weighted by atomic mass is 9.79. The van der Waals surface area contributed by atoms with E-state index in [1.165, 1.54) is 11.1 Å². The zero-order valence-electron chi connectivity index (χ0n) is 12.5. The molecular weight excluding hydrogens is 256 g/mol. The van der Waals surface area contributed by atoms with E-state index in [4.69, 9.17) is 11.6 Å². The van der Waals surface area contributed by atoms with Crippen molar-refractivity contribution in [2.45, 2.75) is 33.7 Å². The van der Waals surface area contributed by atoms with Crippen molar-refractivity contribution in [2.24, 2.45) is 5.41 Å². The van der Waals surface area contributed by atoms with Crippen LogP contribution in [0.15, 0.2) is 18.2 Å². The van der Waals surface area contributed by atoms with Crippen LogP contribution in [-0.4, -0.2) is 31.1 Å². The first-order chi connectivity index (χ1) is 8.91. The number of nitrogens with zero attached hydrogens (tertiary/aromatic N) is 1. The fourth-order valence-corrected chi connectivity index (χ4v) is 3.42. The number of aryl methyl sites for hydroxylation is 1. The highest BCUT2D eigenvalue weighted by atomic mass is 35.5. The van der Waals surface area contributed by atoms with E-state index < -0.39 is 0 Å². The van der Waals surface area contributed by atoms with E-state index in [-0.39, 0.29) is 5.41 Å². The van der Waals surface area contributed by atoms with Gasteiger partial charge in [0.05, 0.1) is 0 Å². The normalized spacial score (nSPS) is 19.4. The zero-order valence-corrected chi connectivity index (χ0v) is 13.2. The molecule has 0 bridgehead atoms. The Kier molecular flexibility index (Phi) is 4.54. The van der Waals surface area contributed by atoms with E-state index in [2.05, 4.69) is 44.0 Å². The van der Waals surface area contributed by atoms with Gasteiger partial charge in [-0.15, -0.1) is 0 Å². The maximum absolute atomic E-state index is 6.51. The summed E-state index contributed by atoms with van der Waals surface area (Å²) >= 11 is 6.51. The van der Waals surface area contributed by atoms with Crippen molar-refractivity contribution in [2.75, 3.05) is 26.2 Å². The molecular formula is C16H25ClN2. The molecule has 19 heavy (non-hydrogen) atoms. The number of rotatable bonds is 2. The Morgan fingerprint density at radius 1 is 1.21 bits per heavy atom. The molecule has 3 heteroatoms. The van der Waals surface area contributed by atoms with Crippen LogP contribution in [0.2, 0.25) is 5.02 Å². The molecule has 0 aromatic heterocycles. The average Bonchev–Trinajstić information content (AvgIpc) is 2.33. The van der Waals surface area contributed by atoms with Gasteiger partial charge in [0.2, 0.25) is 0 Å². The van der Waals surface area contributed by atoms with Crippen molar-refractivity contribution in [1.82, 2.24) is 10.2 Å². The van der Waals surface area contributed by atoms with Crippen LogP contribution in [-0.2, 0) is 0 Å². The largest absolute Gasteiger partial charge is 0.314 e. The first-order valence-electron chi connectivity index (χ1n) is 7.11. The molecule has 1 atom stereocenters. The van der Waals surface area contributed by atoms with Crippen LogP contribution in [0.3, 0.4) is 0 Å². The van der Waals surface area contributed by atoms with Crippen molar-refractivity contribution < 1.29 is 0 Å². The van der Waals surface area contributed by atoms with Gasteiger partial charge in [0, 0.05) is 37.2 Å². The predicted molar refractivity (Wildman–Crippen MR) is 82.8 cm³/mol. The SMILES string of the molecule is Cc1cccc(Cl)c1[C@@H](N1CCNCC1)C(C)(C)C. The van der Waals surface area contributed by atoms with E-state index in [0.29, 0.717) is 6.04 Å². The second-order valence-electron chi connectivity index (χ2n) is 6.52. The van der Waals surface area contributed by atoms with Gasteiger partial charge in [-0.3, -0.25) is 4.90 Å². The second kappa shape index (κ2) is 5.82. The van der Waals surface area contributed by atoms with Crippen LogP contribution in [0.5, 0.6) is 0 Å². The molecule has 1 saturated heterocycles. The molecule has 1 fully saturated rings. The summed E-state index contributed by atoms with van der Waals surface area (Å²) in [5.74, 6) is 0. The predicted octanol–water partition coefficient (Wildman–Crippen LogP) is 3.64. The van der Waals surface area contributed by atoms with Gasteiger partial charge in [-0.1, -0.05) is 44.5 Å². The lowest BCUT2D eigenvalue weighted by Crippen LogP contribution is -2.48. The maximum Gasteiger partial charge on any atom is 0.0456 e. The van der Waals surface area contributed by atoms with Crippen molar-refractivity contribution in [3.8, 4) is 0 Å². The highest BCUT2D eigenvalue weighted by Gasteiger charge is 2.34. The quantitative estimate of drug-likeness (QED) is 0.890. The molecule has 2 rings (SSSR count). The fraction of sp³-hybridized carbons (Fsp3) is 0.625. The lowest BCUT2D eigenvalue weighted by Gasteiger charge is -2.43. The van der Waals surface area contributed by atoms with Gasteiger partial charge < -0.3 is 5.32 Å². The van der Waals surface area contributed by atoms with Gasteiger partial charge in [-0.2, -0.15) is 0 Å². The smallest absolute Gasteiger partial charge is 0.0456 e. The summed E-state index contributed by atoms with van der Waals surface area (Å²) in [6, 6.07) is 6.61. The molecule has 2 nitrogen and oxygen atoms in total. The highest BCUT2D eigenvalue weighted by molar-refractivity contribution is 6.31.